The molecule has 29 heavy (non-hydrogen) atoms. The Kier molecular flexibility index (Phi) is 8.45. The van der Waals surface area contributed by atoms with E-state index in [9.17, 15) is 13.2 Å². The van der Waals surface area contributed by atoms with Gasteiger partial charge in [-0.05, 0) is 37.5 Å². The first kappa shape index (κ1) is 22.7. The number of hydrogen-bond donors (Lipinski definition) is 2. The Morgan fingerprint density at radius 1 is 1.14 bits per heavy atom. The van der Waals surface area contributed by atoms with Crippen LogP contribution >= 0.6 is 0 Å². The van der Waals surface area contributed by atoms with Crippen molar-refractivity contribution in [1.29, 1.82) is 0 Å². The lowest BCUT2D eigenvalue weighted by Crippen LogP contribution is -2.42. The second kappa shape index (κ2) is 10.8. The molecule has 0 aliphatic heterocycles. The second-order valence-electron chi connectivity index (χ2n) is 7.14. The summed E-state index contributed by atoms with van der Waals surface area (Å²) in [5.41, 5.74) is 2.08. The molecule has 2 rings (SSSR count). The Balaban J connectivity index is 1.96. The number of guanidine groups is 1. The molecule has 2 N–H and O–H groups in total. The highest BCUT2D eigenvalue weighted by Gasteiger charge is 2.09. The summed E-state index contributed by atoms with van der Waals surface area (Å²) in [7, 11) is -2.97. The summed E-state index contributed by atoms with van der Waals surface area (Å²) in [4.78, 5) is 16.4. The van der Waals surface area contributed by atoms with E-state index in [1.54, 1.807) is 22.9 Å². The van der Waals surface area contributed by atoms with Crippen molar-refractivity contribution in [2.24, 2.45) is 4.99 Å². The molecule has 0 radical (unpaired) electrons. The molecule has 7 nitrogen and oxygen atoms in total. The van der Waals surface area contributed by atoms with Crippen LogP contribution in [0.2, 0.25) is 0 Å². The first-order chi connectivity index (χ1) is 13.8. The molecule has 0 spiro atoms. The summed E-state index contributed by atoms with van der Waals surface area (Å²) in [6.07, 6.45) is 3.55. The van der Waals surface area contributed by atoms with Gasteiger partial charge in [0.15, 0.2) is 5.96 Å². The van der Waals surface area contributed by atoms with Gasteiger partial charge in [-0.3, -0.25) is 4.79 Å². The number of nitrogens with zero attached hydrogens (tertiary/aromatic N) is 2. The largest absolute Gasteiger partial charge is 0.357 e. The van der Waals surface area contributed by atoms with Gasteiger partial charge >= 0.3 is 0 Å². The fourth-order valence-corrected chi connectivity index (χ4v) is 3.51. The highest BCUT2D eigenvalue weighted by molar-refractivity contribution is 7.90. The van der Waals surface area contributed by atoms with Gasteiger partial charge in [-0.15, -0.1) is 0 Å². The molecule has 1 aromatic heterocycles. The van der Waals surface area contributed by atoms with Crippen LogP contribution in [0.5, 0.6) is 0 Å². The Labute approximate surface area is 172 Å². The molecule has 1 heterocycles. The molecule has 0 bridgehead atoms. The van der Waals surface area contributed by atoms with E-state index >= 15 is 0 Å². The first-order valence-corrected chi connectivity index (χ1v) is 11.8. The number of aliphatic imine (C=N–C) groups is 1. The summed E-state index contributed by atoms with van der Waals surface area (Å²) < 4.78 is 24.3. The molecule has 1 aromatic carbocycles. The summed E-state index contributed by atoms with van der Waals surface area (Å²) >= 11 is 0. The quantitative estimate of drug-likeness (QED) is 0.478. The minimum absolute atomic E-state index is 0.00548. The topological polar surface area (TPSA) is 92.6 Å². The van der Waals surface area contributed by atoms with Gasteiger partial charge in [0.05, 0.1) is 18.8 Å². The molecule has 1 unspecified atom stereocenters. The Morgan fingerprint density at radius 3 is 2.45 bits per heavy atom. The molecule has 0 saturated carbocycles. The Bertz CT molecular complexity index is 966. The van der Waals surface area contributed by atoms with Gasteiger partial charge in [-0.25, -0.2) is 13.4 Å². The van der Waals surface area contributed by atoms with Gasteiger partial charge in [0, 0.05) is 31.1 Å². The van der Waals surface area contributed by atoms with E-state index in [-0.39, 0.29) is 17.4 Å². The lowest BCUT2D eigenvalue weighted by molar-refractivity contribution is 0.581. The molecule has 2 aromatic rings. The normalized spacial score (nSPS) is 13.1. The van der Waals surface area contributed by atoms with Crippen molar-refractivity contribution in [2.75, 3.05) is 18.6 Å². The van der Waals surface area contributed by atoms with Gasteiger partial charge in [-0.1, -0.05) is 30.3 Å². The van der Waals surface area contributed by atoms with E-state index in [1.807, 2.05) is 44.2 Å². The highest BCUT2D eigenvalue weighted by atomic mass is 32.2. The lowest BCUT2D eigenvalue weighted by atomic mass is 10.1. The van der Waals surface area contributed by atoms with Gasteiger partial charge in [-0.2, -0.15) is 0 Å². The predicted octanol–water partition coefficient (Wildman–Crippen LogP) is 1.77. The van der Waals surface area contributed by atoms with Crippen molar-refractivity contribution in [3.05, 3.63) is 70.1 Å². The maximum atomic E-state index is 11.8. The summed E-state index contributed by atoms with van der Waals surface area (Å²) in [6.45, 7) is 5.68. The SMILES string of the molecule is CCNC(=NCc1ccc(Cn2ccccc2=O)cc1)NC(C)CCS(C)(=O)=O. The molecule has 1 atom stereocenters. The molecule has 0 saturated heterocycles. The smallest absolute Gasteiger partial charge is 0.250 e. The van der Waals surface area contributed by atoms with Crippen LogP contribution in [0, 0.1) is 0 Å². The van der Waals surface area contributed by atoms with Crippen molar-refractivity contribution in [3.8, 4) is 0 Å². The first-order valence-electron chi connectivity index (χ1n) is 9.72. The molecular formula is C21H30N4O3S. The Hall–Kier alpha value is -2.61. The zero-order chi connectivity index (χ0) is 21.3. The molecule has 0 fully saturated rings. The molecule has 0 aliphatic carbocycles. The number of benzene rings is 1. The van der Waals surface area contributed by atoms with E-state index in [1.165, 1.54) is 6.26 Å². The number of pyridine rings is 1. The van der Waals surface area contributed by atoms with Crippen LogP contribution in [0.4, 0.5) is 0 Å². The van der Waals surface area contributed by atoms with Crippen molar-refractivity contribution in [2.45, 2.75) is 39.4 Å². The maximum Gasteiger partial charge on any atom is 0.250 e. The van der Waals surface area contributed by atoms with Crippen LogP contribution in [0.25, 0.3) is 0 Å². The number of hydrogen-bond acceptors (Lipinski definition) is 4. The predicted molar refractivity (Wildman–Crippen MR) is 118 cm³/mol. The van der Waals surface area contributed by atoms with Crippen molar-refractivity contribution >= 4 is 15.8 Å². The van der Waals surface area contributed by atoms with Crippen molar-refractivity contribution in [3.63, 3.8) is 0 Å². The summed E-state index contributed by atoms with van der Waals surface area (Å²) in [5, 5.41) is 6.43. The summed E-state index contributed by atoms with van der Waals surface area (Å²) in [6, 6.07) is 13.1. The third-order valence-corrected chi connectivity index (χ3v) is 5.32. The zero-order valence-electron chi connectivity index (χ0n) is 17.3. The average molecular weight is 419 g/mol. The molecule has 158 valence electrons. The van der Waals surface area contributed by atoms with E-state index < -0.39 is 9.84 Å². The van der Waals surface area contributed by atoms with Gasteiger partial charge < -0.3 is 15.2 Å². The average Bonchev–Trinajstić information content (AvgIpc) is 2.67. The van der Waals surface area contributed by atoms with E-state index in [2.05, 4.69) is 15.6 Å². The van der Waals surface area contributed by atoms with E-state index in [0.717, 1.165) is 17.7 Å². The Morgan fingerprint density at radius 2 is 1.83 bits per heavy atom. The standard InChI is InChI=1S/C21H30N4O3S/c1-4-22-21(24-17(2)12-14-29(3,27)28)23-15-18-8-10-19(11-9-18)16-25-13-6-5-7-20(25)26/h5-11,13,17H,4,12,14-16H2,1-3H3,(H2,22,23,24). The minimum atomic E-state index is -2.97. The van der Waals surface area contributed by atoms with Crippen LogP contribution in [0.15, 0.2) is 58.4 Å². The van der Waals surface area contributed by atoms with Gasteiger partial charge in [0.25, 0.3) is 5.56 Å². The van der Waals surface area contributed by atoms with Crippen LogP contribution in [0.3, 0.4) is 0 Å². The second-order valence-corrected chi connectivity index (χ2v) is 9.40. The number of aromatic nitrogens is 1. The summed E-state index contributed by atoms with van der Waals surface area (Å²) in [5.74, 6) is 0.806. The number of rotatable bonds is 9. The highest BCUT2D eigenvalue weighted by Crippen LogP contribution is 2.07. The van der Waals surface area contributed by atoms with Crippen LogP contribution in [-0.2, 0) is 22.9 Å². The molecule has 8 heteroatoms. The fraction of sp³-hybridized carbons (Fsp3) is 0.429. The zero-order valence-corrected chi connectivity index (χ0v) is 18.1. The van der Waals surface area contributed by atoms with Gasteiger partial charge in [0.2, 0.25) is 0 Å². The van der Waals surface area contributed by atoms with Crippen LogP contribution in [0.1, 0.15) is 31.4 Å². The maximum absolute atomic E-state index is 11.8. The molecular weight excluding hydrogens is 388 g/mol. The lowest BCUT2D eigenvalue weighted by Gasteiger charge is -2.17. The van der Waals surface area contributed by atoms with Crippen molar-refractivity contribution in [1.82, 2.24) is 15.2 Å². The van der Waals surface area contributed by atoms with Crippen LogP contribution in [-0.4, -0.2) is 43.5 Å². The minimum Gasteiger partial charge on any atom is -0.357 e. The third-order valence-electron chi connectivity index (χ3n) is 4.34. The fourth-order valence-electron chi connectivity index (χ4n) is 2.72. The van der Waals surface area contributed by atoms with E-state index in [0.29, 0.717) is 25.5 Å². The third kappa shape index (κ3) is 8.51. The van der Waals surface area contributed by atoms with Crippen LogP contribution < -0.4 is 16.2 Å². The van der Waals surface area contributed by atoms with Gasteiger partial charge in [0.1, 0.15) is 9.84 Å². The molecule has 0 aliphatic rings. The monoisotopic (exact) mass is 418 g/mol. The van der Waals surface area contributed by atoms with E-state index in [4.69, 9.17) is 0 Å². The number of nitrogens with one attached hydrogen (secondary N) is 2. The molecule has 0 amide bonds. The van der Waals surface area contributed by atoms with Crippen molar-refractivity contribution < 1.29 is 8.42 Å². The number of sulfone groups is 1.